The van der Waals surface area contributed by atoms with Crippen molar-refractivity contribution in [2.75, 3.05) is 13.1 Å². The zero-order valence-corrected chi connectivity index (χ0v) is 17.2. The summed E-state index contributed by atoms with van der Waals surface area (Å²) in [6.07, 6.45) is 0.214. The number of fused-ring (bicyclic) bond motifs is 2. The number of benzene rings is 2. The third-order valence-electron chi connectivity index (χ3n) is 5.56. The van der Waals surface area contributed by atoms with E-state index in [2.05, 4.69) is 5.32 Å². The van der Waals surface area contributed by atoms with E-state index in [0.717, 1.165) is 11.1 Å². The lowest BCUT2D eigenvalue weighted by Gasteiger charge is -2.31. The molecule has 8 heteroatoms. The third-order valence-corrected chi connectivity index (χ3v) is 5.56. The molecule has 0 aliphatic carbocycles. The average molecular weight is 442 g/mol. The lowest BCUT2D eigenvalue weighted by Crippen LogP contribution is -2.46. The number of halogens is 3. The van der Waals surface area contributed by atoms with Crippen molar-refractivity contribution in [2.45, 2.75) is 50.1 Å². The van der Waals surface area contributed by atoms with Gasteiger partial charge in [-0.25, -0.2) is 8.78 Å². The standard InChI is InChI=1S/C22H25F2NO4.ClH/c23-15-3-7-19-13(9-15)1-5-21(28-19)17(26)11-25-12-18(27)22-6-2-14-10-16(24)4-8-20(14)29-22;/h3-4,7-10,17-18,21-22,25-27H,1-2,5-6,11-12H2;1H/t17-,18+,21-,22-;/m0./s1. The van der Waals surface area contributed by atoms with Crippen LogP contribution in [0.2, 0.25) is 0 Å². The fourth-order valence-corrected chi connectivity index (χ4v) is 3.94. The minimum Gasteiger partial charge on any atom is -0.487 e. The molecule has 2 aliphatic rings. The molecule has 0 bridgehead atoms. The Bertz CT molecular complexity index is 800. The molecule has 30 heavy (non-hydrogen) atoms. The highest BCUT2D eigenvalue weighted by atomic mass is 35.5. The highest BCUT2D eigenvalue weighted by Gasteiger charge is 2.29. The molecule has 0 unspecified atom stereocenters. The van der Waals surface area contributed by atoms with E-state index in [1.54, 1.807) is 12.1 Å². The lowest BCUT2D eigenvalue weighted by atomic mass is 9.98. The van der Waals surface area contributed by atoms with Crippen molar-refractivity contribution in [3.63, 3.8) is 0 Å². The molecule has 5 nitrogen and oxygen atoms in total. The lowest BCUT2D eigenvalue weighted by molar-refractivity contribution is 0.00892. The van der Waals surface area contributed by atoms with Gasteiger partial charge in [-0.2, -0.15) is 0 Å². The molecule has 2 aromatic rings. The van der Waals surface area contributed by atoms with Crippen molar-refractivity contribution in [3.05, 3.63) is 59.2 Å². The Morgan fingerprint density at radius 3 is 1.70 bits per heavy atom. The Kier molecular flexibility index (Phi) is 7.52. The van der Waals surface area contributed by atoms with E-state index in [4.69, 9.17) is 9.47 Å². The first kappa shape index (κ1) is 22.7. The predicted octanol–water partition coefficient (Wildman–Crippen LogP) is 2.79. The summed E-state index contributed by atoms with van der Waals surface area (Å²) in [6.45, 7) is 0.513. The van der Waals surface area contributed by atoms with Gasteiger partial charge in [-0.3, -0.25) is 0 Å². The molecule has 2 heterocycles. The Balaban J connectivity index is 0.00000256. The van der Waals surface area contributed by atoms with Gasteiger partial charge in [0.15, 0.2) is 0 Å². The molecule has 4 atom stereocenters. The summed E-state index contributed by atoms with van der Waals surface area (Å²) >= 11 is 0. The number of rotatable bonds is 6. The van der Waals surface area contributed by atoms with Crippen LogP contribution in [0.1, 0.15) is 24.0 Å². The van der Waals surface area contributed by atoms with Gasteiger partial charge in [-0.1, -0.05) is 0 Å². The fourth-order valence-electron chi connectivity index (χ4n) is 3.94. The Hall–Kier alpha value is -1.93. The SMILES string of the molecule is Cl.O[C@H](CNC[C@H](O)[C@@H]1CCc2cc(F)ccc2O1)[C@@H]1CCc2cc(F)ccc2O1. The van der Waals surface area contributed by atoms with Crippen LogP contribution in [0.5, 0.6) is 11.5 Å². The van der Waals surface area contributed by atoms with Crippen LogP contribution in [0.25, 0.3) is 0 Å². The number of aliphatic hydroxyl groups excluding tert-OH is 2. The normalized spacial score (nSPS) is 21.9. The molecule has 0 spiro atoms. The molecule has 3 N–H and O–H groups in total. The van der Waals surface area contributed by atoms with Crippen molar-refractivity contribution in [3.8, 4) is 11.5 Å². The van der Waals surface area contributed by atoms with Gasteiger partial charge in [0.1, 0.15) is 47.5 Å². The van der Waals surface area contributed by atoms with Crippen molar-refractivity contribution in [2.24, 2.45) is 0 Å². The molecular weight excluding hydrogens is 416 g/mol. The molecule has 0 radical (unpaired) electrons. The fraction of sp³-hybridized carbons (Fsp3) is 0.455. The smallest absolute Gasteiger partial charge is 0.126 e. The predicted molar refractivity (Wildman–Crippen MR) is 110 cm³/mol. The van der Waals surface area contributed by atoms with E-state index in [1.807, 2.05) is 0 Å². The first-order valence-corrected chi connectivity index (χ1v) is 9.96. The van der Waals surface area contributed by atoms with E-state index in [9.17, 15) is 19.0 Å². The van der Waals surface area contributed by atoms with Crippen LogP contribution in [0.15, 0.2) is 36.4 Å². The molecule has 0 aromatic heterocycles. The molecule has 2 aromatic carbocycles. The molecule has 0 saturated carbocycles. The Labute approximate surface area is 180 Å². The van der Waals surface area contributed by atoms with Gasteiger partial charge in [-0.05, 0) is 73.2 Å². The van der Waals surface area contributed by atoms with Gasteiger partial charge in [0, 0.05) is 13.1 Å². The summed E-state index contributed by atoms with van der Waals surface area (Å²) in [5.74, 6) is 0.624. The van der Waals surface area contributed by atoms with Crippen LogP contribution in [0.4, 0.5) is 8.78 Å². The first-order valence-electron chi connectivity index (χ1n) is 9.96. The molecule has 4 rings (SSSR count). The molecule has 0 amide bonds. The molecular formula is C22H26ClF2NO4. The quantitative estimate of drug-likeness (QED) is 0.643. The number of hydrogen-bond acceptors (Lipinski definition) is 5. The maximum atomic E-state index is 13.3. The number of ether oxygens (including phenoxy) is 2. The Morgan fingerprint density at radius 2 is 1.27 bits per heavy atom. The second-order valence-corrected chi connectivity index (χ2v) is 7.69. The number of nitrogens with one attached hydrogen (secondary N) is 1. The van der Waals surface area contributed by atoms with E-state index >= 15 is 0 Å². The summed E-state index contributed by atoms with van der Waals surface area (Å²) in [5, 5.41) is 23.9. The van der Waals surface area contributed by atoms with Gasteiger partial charge in [-0.15, -0.1) is 12.4 Å². The largest absolute Gasteiger partial charge is 0.487 e. The molecule has 2 aliphatic heterocycles. The van der Waals surface area contributed by atoms with Gasteiger partial charge in [0.05, 0.1) is 0 Å². The van der Waals surface area contributed by atoms with Crippen molar-refractivity contribution < 1.29 is 28.5 Å². The first-order chi connectivity index (χ1) is 14.0. The summed E-state index contributed by atoms with van der Waals surface area (Å²) < 4.78 is 38.2. The average Bonchev–Trinajstić information content (AvgIpc) is 2.72. The maximum absolute atomic E-state index is 13.3. The minimum absolute atomic E-state index is 0. The van der Waals surface area contributed by atoms with Crippen LogP contribution in [0, 0.1) is 11.6 Å². The van der Waals surface area contributed by atoms with Crippen molar-refractivity contribution in [1.29, 1.82) is 0 Å². The monoisotopic (exact) mass is 441 g/mol. The number of hydrogen-bond donors (Lipinski definition) is 3. The van der Waals surface area contributed by atoms with E-state index in [-0.39, 0.29) is 49.3 Å². The summed E-state index contributed by atoms with van der Waals surface area (Å²) in [7, 11) is 0. The highest BCUT2D eigenvalue weighted by molar-refractivity contribution is 5.85. The second-order valence-electron chi connectivity index (χ2n) is 7.69. The van der Waals surface area contributed by atoms with E-state index in [0.29, 0.717) is 37.2 Å². The molecule has 0 saturated heterocycles. The summed E-state index contributed by atoms with van der Waals surface area (Å²) in [5.41, 5.74) is 1.62. The van der Waals surface area contributed by atoms with Crippen molar-refractivity contribution >= 4 is 12.4 Å². The zero-order valence-electron chi connectivity index (χ0n) is 16.4. The summed E-state index contributed by atoms with van der Waals surface area (Å²) in [4.78, 5) is 0. The van der Waals surface area contributed by atoms with Gasteiger partial charge >= 0.3 is 0 Å². The van der Waals surface area contributed by atoms with Gasteiger partial charge in [0.25, 0.3) is 0 Å². The third kappa shape index (κ3) is 5.21. The highest BCUT2D eigenvalue weighted by Crippen LogP contribution is 2.30. The van der Waals surface area contributed by atoms with Gasteiger partial charge in [0.2, 0.25) is 0 Å². The van der Waals surface area contributed by atoms with Crippen LogP contribution in [0.3, 0.4) is 0 Å². The maximum Gasteiger partial charge on any atom is 0.126 e. The summed E-state index contributed by atoms with van der Waals surface area (Å²) in [6, 6.07) is 8.79. The number of aliphatic hydroxyl groups is 2. The van der Waals surface area contributed by atoms with Crippen LogP contribution < -0.4 is 14.8 Å². The molecule has 0 fully saturated rings. The van der Waals surface area contributed by atoms with Crippen LogP contribution in [-0.2, 0) is 12.8 Å². The minimum atomic E-state index is -0.753. The topological polar surface area (TPSA) is 71.0 Å². The number of aryl methyl sites for hydroxylation is 2. The van der Waals surface area contributed by atoms with Gasteiger partial charge < -0.3 is 25.0 Å². The van der Waals surface area contributed by atoms with Crippen LogP contribution >= 0.6 is 12.4 Å². The Morgan fingerprint density at radius 1 is 0.833 bits per heavy atom. The van der Waals surface area contributed by atoms with Crippen LogP contribution in [-0.4, -0.2) is 47.7 Å². The van der Waals surface area contributed by atoms with Crippen molar-refractivity contribution in [1.82, 2.24) is 5.32 Å². The van der Waals surface area contributed by atoms with E-state index < -0.39 is 12.2 Å². The second kappa shape index (κ2) is 9.92. The molecule has 164 valence electrons. The zero-order chi connectivity index (χ0) is 20.4. The van der Waals surface area contributed by atoms with E-state index in [1.165, 1.54) is 24.3 Å².